The standard InChI is InChI=1S/C20H13Cl3N4S/c21-14-9-16(22)20(17(23)10-14)25-24-11-13-12-27(15-5-2-1-3-6-15)26-19(13)18-7-4-8-28-18/h1-12,25H. The third-order valence-corrected chi connectivity index (χ3v) is 5.60. The fourth-order valence-corrected chi connectivity index (χ4v) is 4.25. The zero-order valence-electron chi connectivity index (χ0n) is 14.3. The van der Waals surface area contributed by atoms with Crippen molar-refractivity contribution < 1.29 is 0 Å². The predicted molar refractivity (Wildman–Crippen MR) is 120 cm³/mol. The van der Waals surface area contributed by atoms with Gasteiger partial charge in [-0.05, 0) is 35.7 Å². The van der Waals surface area contributed by atoms with Gasteiger partial charge in [0.1, 0.15) is 5.69 Å². The number of nitrogens with one attached hydrogen (secondary N) is 1. The summed E-state index contributed by atoms with van der Waals surface area (Å²) in [4.78, 5) is 1.05. The second-order valence-corrected chi connectivity index (χ2v) is 8.00. The van der Waals surface area contributed by atoms with E-state index in [4.69, 9.17) is 39.9 Å². The number of hydrogen-bond donors (Lipinski definition) is 1. The lowest BCUT2D eigenvalue weighted by Crippen LogP contribution is -1.93. The molecule has 0 aliphatic heterocycles. The summed E-state index contributed by atoms with van der Waals surface area (Å²) in [6.45, 7) is 0. The van der Waals surface area contributed by atoms with E-state index in [9.17, 15) is 0 Å². The summed E-state index contributed by atoms with van der Waals surface area (Å²) in [7, 11) is 0. The molecule has 4 aromatic rings. The van der Waals surface area contributed by atoms with Crippen molar-refractivity contribution in [3.8, 4) is 16.3 Å². The SMILES string of the molecule is Clc1cc(Cl)c(NN=Cc2cn(-c3ccccc3)nc2-c2cccs2)c(Cl)c1. The van der Waals surface area contributed by atoms with Gasteiger partial charge >= 0.3 is 0 Å². The molecule has 140 valence electrons. The summed E-state index contributed by atoms with van der Waals surface area (Å²) in [6.07, 6.45) is 3.63. The molecular weight excluding hydrogens is 435 g/mol. The van der Waals surface area contributed by atoms with Crippen LogP contribution in [0.4, 0.5) is 5.69 Å². The van der Waals surface area contributed by atoms with E-state index in [1.807, 2.05) is 58.7 Å². The first-order chi connectivity index (χ1) is 13.6. The van der Waals surface area contributed by atoms with E-state index < -0.39 is 0 Å². The highest BCUT2D eigenvalue weighted by molar-refractivity contribution is 7.13. The molecule has 2 aromatic carbocycles. The number of anilines is 1. The lowest BCUT2D eigenvalue weighted by atomic mass is 10.2. The first kappa shape index (κ1) is 19.0. The Morgan fingerprint density at radius 1 is 1.00 bits per heavy atom. The molecule has 0 amide bonds. The molecule has 8 heteroatoms. The van der Waals surface area contributed by atoms with Crippen molar-refractivity contribution in [1.82, 2.24) is 9.78 Å². The third-order valence-electron chi connectivity index (χ3n) is 3.90. The number of halogens is 3. The van der Waals surface area contributed by atoms with Crippen LogP contribution in [0.3, 0.4) is 0 Å². The van der Waals surface area contributed by atoms with E-state index in [0.29, 0.717) is 20.8 Å². The van der Waals surface area contributed by atoms with E-state index in [0.717, 1.165) is 21.8 Å². The monoisotopic (exact) mass is 446 g/mol. The van der Waals surface area contributed by atoms with Gasteiger partial charge in [-0.1, -0.05) is 59.1 Å². The lowest BCUT2D eigenvalue weighted by Gasteiger charge is -2.06. The summed E-state index contributed by atoms with van der Waals surface area (Å²) in [5.74, 6) is 0. The Balaban J connectivity index is 1.67. The van der Waals surface area contributed by atoms with Gasteiger partial charge in [0, 0.05) is 16.8 Å². The Hall–Kier alpha value is -2.31. The maximum atomic E-state index is 6.19. The maximum absolute atomic E-state index is 6.19. The molecule has 0 saturated heterocycles. The summed E-state index contributed by atoms with van der Waals surface area (Å²) in [5.41, 5.74) is 6.06. The van der Waals surface area contributed by atoms with Crippen molar-refractivity contribution in [2.24, 2.45) is 5.10 Å². The van der Waals surface area contributed by atoms with Gasteiger partial charge in [0.15, 0.2) is 0 Å². The highest BCUT2D eigenvalue weighted by Gasteiger charge is 2.12. The number of nitrogens with zero attached hydrogens (tertiary/aromatic N) is 3. The molecule has 28 heavy (non-hydrogen) atoms. The second kappa shape index (κ2) is 8.37. The Bertz CT molecular complexity index is 1100. The molecule has 0 aliphatic rings. The van der Waals surface area contributed by atoms with Crippen molar-refractivity contribution >= 4 is 58.0 Å². The number of benzene rings is 2. The minimum absolute atomic E-state index is 0.396. The van der Waals surface area contributed by atoms with Crippen LogP contribution in [0.2, 0.25) is 15.1 Å². The summed E-state index contributed by atoms with van der Waals surface area (Å²) < 4.78 is 1.83. The van der Waals surface area contributed by atoms with Crippen molar-refractivity contribution in [3.63, 3.8) is 0 Å². The third kappa shape index (κ3) is 4.08. The summed E-state index contributed by atoms with van der Waals surface area (Å²) in [5, 5.41) is 12.3. The van der Waals surface area contributed by atoms with Gasteiger partial charge in [0.2, 0.25) is 0 Å². The fourth-order valence-electron chi connectivity index (χ4n) is 2.61. The lowest BCUT2D eigenvalue weighted by molar-refractivity contribution is 0.885. The van der Waals surface area contributed by atoms with Gasteiger partial charge in [-0.2, -0.15) is 10.2 Å². The van der Waals surface area contributed by atoms with E-state index in [-0.39, 0.29) is 0 Å². The molecule has 4 rings (SSSR count). The van der Waals surface area contributed by atoms with E-state index in [1.54, 1.807) is 29.7 Å². The average Bonchev–Trinajstić information content (AvgIpc) is 3.34. The van der Waals surface area contributed by atoms with Gasteiger partial charge in [-0.3, -0.25) is 5.43 Å². The van der Waals surface area contributed by atoms with E-state index in [1.165, 1.54) is 0 Å². The molecule has 2 aromatic heterocycles. The zero-order valence-corrected chi connectivity index (χ0v) is 17.4. The molecule has 0 saturated carbocycles. The second-order valence-electron chi connectivity index (χ2n) is 5.80. The van der Waals surface area contributed by atoms with Gasteiger partial charge in [0.05, 0.1) is 32.5 Å². The van der Waals surface area contributed by atoms with Crippen molar-refractivity contribution in [3.05, 3.63) is 86.8 Å². The molecule has 0 atom stereocenters. The normalized spacial score (nSPS) is 11.2. The Labute approximate surface area is 181 Å². The summed E-state index contributed by atoms with van der Waals surface area (Å²) >= 11 is 20.0. The van der Waals surface area contributed by atoms with Crippen LogP contribution in [0.15, 0.2) is 71.3 Å². The average molecular weight is 448 g/mol. The smallest absolute Gasteiger partial charge is 0.112 e. The minimum Gasteiger partial charge on any atom is -0.275 e. The van der Waals surface area contributed by atoms with Crippen molar-refractivity contribution in [1.29, 1.82) is 0 Å². The Kier molecular flexibility index (Phi) is 5.69. The van der Waals surface area contributed by atoms with E-state index in [2.05, 4.69) is 10.5 Å². The highest BCUT2D eigenvalue weighted by Crippen LogP contribution is 2.33. The Morgan fingerprint density at radius 3 is 2.43 bits per heavy atom. The van der Waals surface area contributed by atoms with Gasteiger partial charge < -0.3 is 0 Å². The minimum atomic E-state index is 0.396. The predicted octanol–water partition coefficient (Wildman–Crippen LogP) is 7.01. The van der Waals surface area contributed by atoms with E-state index >= 15 is 0 Å². The molecule has 0 unspecified atom stereocenters. The molecule has 0 fully saturated rings. The van der Waals surface area contributed by atoms with Gasteiger partial charge in [0.25, 0.3) is 0 Å². The highest BCUT2D eigenvalue weighted by atomic mass is 35.5. The number of hydrogen-bond acceptors (Lipinski definition) is 4. The first-order valence-corrected chi connectivity index (χ1v) is 10.3. The molecule has 2 heterocycles. The van der Waals surface area contributed by atoms with Crippen LogP contribution in [0.5, 0.6) is 0 Å². The number of rotatable bonds is 5. The topological polar surface area (TPSA) is 42.2 Å². The molecule has 0 radical (unpaired) electrons. The molecular formula is C20H13Cl3N4S. The van der Waals surface area contributed by atoms with Crippen LogP contribution in [0.25, 0.3) is 16.3 Å². The summed E-state index contributed by atoms with van der Waals surface area (Å²) in [6, 6.07) is 17.2. The quantitative estimate of drug-likeness (QED) is 0.264. The van der Waals surface area contributed by atoms with Crippen molar-refractivity contribution in [2.45, 2.75) is 0 Å². The van der Waals surface area contributed by atoms with Crippen LogP contribution in [0, 0.1) is 0 Å². The van der Waals surface area contributed by atoms with Crippen molar-refractivity contribution in [2.75, 3.05) is 5.43 Å². The van der Waals surface area contributed by atoms with Crippen LogP contribution < -0.4 is 5.43 Å². The van der Waals surface area contributed by atoms with Crippen LogP contribution in [-0.2, 0) is 0 Å². The van der Waals surface area contributed by atoms with Gasteiger partial charge in [-0.25, -0.2) is 4.68 Å². The molecule has 0 bridgehead atoms. The number of aromatic nitrogens is 2. The number of thiophene rings is 1. The van der Waals surface area contributed by atoms with Crippen LogP contribution in [-0.4, -0.2) is 16.0 Å². The zero-order chi connectivity index (χ0) is 19.5. The van der Waals surface area contributed by atoms with Crippen LogP contribution in [0.1, 0.15) is 5.56 Å². The maximum Gasteiger partial charge on any atom is 0.112 e. The first-order valence-electron chi connectivity index (χ1n) is 8.24. The number of hydrazone groups is 1. The molecule has 4 nitrogen and oxygen atoms in total. The largest absolute Gasteiger partial charge is 0.275 e. The van der Waals surface area contributed by atoms with Crippen LogP contribution >= 0.6 is 46.1 Å². The fraction of sp³-hybridized carbons (Fsp3) is 0. The molecule has 0 aliphatic carbocycles. The van der Waals surface area contributed by atoms with Gasteiger partial charge in [-0.15, -0.1) is 11.3 Å². The molecule has 1 N–H and O–H groups in total. The number of para-hydroxylation sites is 1. The Morgan fingerprint density at radius 2 is 1.75 bits per heavy atom. The molecule has 0 spiro atoms.